The highest BCUT2D eigenvalue weighted by Crippen LogP contribution is 2.27. The minimum absolute atomic E-state index is 0.347. The van der Waals surface area contributed by atoms with Gasteiger partial charge in [-0.1, -0.05) is 36.4 Å². The lowest BCUT2D eigenvalue weighted by Gasteiger charge is -2.10. The number of benzene rings is 3. The van der Waals surface area contributed by atoms with Crippen molar-refractivity contribution >= 4 is 28.1 Å². The molecular formula is C17H12FNO2. The molecule has 0 aliphatic carbocycles. The average Bonchev–Trinajstić information content (AvgIpc) is 2.49. The Bertz CT molecular complexity index is 825. The molecule has 21 heavy (non-hydrogen) atoms. The number of rotatable bonds is 3. The number of halogens is 1. The molecule has 3 aromatic rings. The van der Waals surface area contributed by atoms with E-state index in [0.29, 0.717) is 5.69 Å². The third-order valence-electron chi connectivity index (χ3n) is 3.27. The summed E-state index contributed by atoms with van der Waals surface area (Å²) >= 11 is 0. The van der Waals surface area contributed by atoms with E-state index in [1.54, 1.807) is 0 Å². The van der Waals surface area contributed by atoms with Crippen LogP contribution in [0.25, 0.3) is 10.8 Å². The Balaban J connectivity index is 2.03. The Morgan fingerprint density at radius 3 is 2.57 bits per heavy atom. The number of nitrogens with one attached hydrogen (secondary N) is 1. The van der Waals surface area contributed by atoms with Crippen LogP contribution in [0.3, 0.4) is 0 Å². The molecule has 2 N–H and O–H groups in total. The van der Waals surface area contributed by atoms with Crippen molar-refractivity contribution in [2.45, 2.75) is 0 Å². The van der Waals surface area contributed by atoms with Crippen LogP contribution in [0, 0.1) is 5.82 Å². The van der Waals surface area contributed by atoms with Gasteiger partial charge in [-0.2, -0.15) is 0 Å². The van der Waals surface area contributed by atoms with Crippen molar-refractivity contribution in [1.29, 1.82) is 0 Å². The highest BCUT2D eigenvalue weighted by Gasteiger charge is 2.11. The molecule has 0 amide bonds. The topological polar surface area (TPSA) is 49.3 Å². The fourth-order valence-electron chi connectivity index (χ4n) is 2.26. The van der Waals surface area contributed by atoms with Crippen molar-refractivity contribution in [3.63, 3.8) is 0 Å². The summed E-state index contributed by atoms with van der Waals surface area (Å²) in [4.78, 5) is 11.0. The second kappa shape index (κ2) is 5.25. The smallest absolute Gasteiger partial charge is 0.338 e. The van der Waals surface area contributed by atoms with Crippen molar-refractivity contribution in [3.05, 3.63) is 72.0 Å². The summed E-state index contributed by atoms with van der Waals surface area (Å²) in [5.41, 5.74) is 1.03. The van der Waals surface area contributed by atoms with Crippen molar-refractivity contribution in [1.82, 2.24) is 0 Å². The predicted molar refractivity (Wildman–Crippen MR) is 80.6 cm³/mol. The number of carboxylic acid groups (broad SMARTS) is 1. The highest BCUT2D eigenvalue weighted by molar-refractivity contribution is 5.96. The molecule has 0 bridgehead atoms. The van der Waals surface area contributed by atoms with Crippen molar-refractivity contribution < 1.29 is 14.3 Å². The van der Waals surface area contributed by atoms with Gasteiger partial charge in [-0.05, 0) is 29.7 Å². The molecule has 104 valence electrons. The molecule has 4 heteroatoms. The van der Waals surface area contributed by atoms with Crippen molar-refractivity contribution in [3.8, 4) is 0 Å². The van der Waals surface area contributed by atoms with Gasteiger partial charge in [0.1, 0.15) is 5.82 Å². The summed E-state index contributed by atoms with van der Waals surface area (Å²) < 4.78 is 13.4. The van der Waals surface area contributed by atoms with Crippen LogP contribution >= 0.6 is 0 Å². The van der Waals surface area contributed by atoms with Crippen LogP contribution in [0.1, 0.15) is 10.4 Å². The quantitative estimate of drug-likeness (QED) is 0.747. The molecule has 3 rings (SSSR count). The van der Waals surface area contributed by atoms with Crippen molar-refractivity contribution in [2.75, 3.05) is 5.32 Å². The summed E-state index contributed by atoms with van der Waals surface area (Å²) in [6, 6.07) is 17.6. The van der Waals surface area contributed by atoms with Gasteiger partial charge in [0.05, 0.1) is 5.56 Å². The maximum absolute atomic E-state index is 13.4. The van der Waals surface area contributed by atoms with Crippen LogP contribution in [0.15, 0.2) is 60.7 Å². The van der Waals surface area contributed by atoms with Gasteiger partial charge in [0.25, 0.3) is 0 Å². The Kier molecular flexibility index (Phi) is 3.28. The molecule has 3 aromatic carbocycles. The second-order valence-corrected chi connectivity index (χ2v) is 4.65. The largest absolute Gasteiger partial charge is 0.478 e. The van der Waals surface area contributed by atoms with Gasteiger partial charge < -0.3 is 10.4 Å². The van der Waals surface area contributed by atoms with Crippen LogP contribution in [-0.4, -0.2) is 11.1 Å². The molecule has 0 saturated carbocycles. The summed E-state index contributed by atoms with van der Waals surface area (Å²) in [7, 11) is 0. The van der Waals surface area contributed by atoms with E-state index >= 15 is 0 Å². The molecule has 0 heterocycles. The fourth-order valence-corrected chi connectivity index (χ4v) is 2.26. The Hall–Kier alpha value is -2.88. The zero-order valence-corrected chi connectivity index (χ0v) is 11.0. The number of carbonyl (C=O) groups is 1. The summed E-state index contributed by atoms with van der Waals surface area (Å²) in [5.74, 6) is -2.03. The maximum atomic E-state index is 13.4. The molecule has 0 atom stereocenters. The van der Waals surface area contributed by atoms with Gasteiger partial charge >= 0.3 is 5.97 Å². The first-order valence-electron chi connectivity index (χ1n) is 6.43. The number of anilines is 2. The van der Waals surface area contributed by atoms with Crippen LogP contribution in [0.5, 0.6) is 0 Å². The van der Waals surface area contributed by atoms with Crippen LogP contribution in [0.2, 0.25) is 0 Å². The average molecular weight is 281 g/mol. The van der Waals surface area contributed by atoms with Gasteiger partial charge in [0, 0.05) is 16.8 Å². The van der Waals surface area contributed by atoms with Gasteiger partial charge in [-0.25, -0.2) is 9.18 Å². The van der Waals surface area contributed by atoms with Gasteiger partial charge in [-0.15, -0.1) is 0 Å². The fraction of sp³-hybridized carbons (Fsp3) is 0. The molecule has 0 fully saturated rings. The summed E-state index contributed by atoms with van der Waals surface area (Å²) in [6.45, 7) is 0. The van der Waals surface area contributed by atoms with Gasteiger partial charge in [0.2, 0.25) is 0 Å². The van der Waals surface area contributed by atoms with E-state index in [0.717, 1.165) is 22.5 Å². The van der Waals surface area contributed by atoms with E-state index < -0.39 is 11.8 Å². The Morgan fingerprint density at radius 1 is 1.00 bits per heavy atom. The summed E-state index contributed by atoms with van der Waals surface area (Å²) in [5, 5.41) is 14.2. The lowest BCUT2D eigenvalue weighted by Crippen LogP contribution is -2.02. The van der Waals surface area contributed by atoms with E-state index in [1.165, 1.54) is 12.1 Å². The first-order valence-corrected chi connectivity index (χ1v) is 6.43. The molecule has 0 aliphatic rings. The monoisotopic (exact) mass is 281 g/mol. The molecule has 3 nitrogen and oxygen atoms in total. The van der Waals surface area contributed by atoms with E-state index in [4.69, 9.17) is 5.11 Å². The minimum atomic E-state index is -1.28. The molecule has 0 radical (unpaired) electrons. The van der Waals surface area contributed by atoms with Gasteiger partial charge in [-0.3, -0.25) is 0 Å². The zero-order valence-electron chi connectivity index (χ0n) is 11.0. The van der Waals surface area contributed by atoms with E-state index in [1.807, 2.05) is 42.5 Å². The second-order valence-electron chi connectivity index (χ2n) is 4.65. The minimum Gasteiger partial charge on any atom is -0.478 e. The molecule has 0 unspecified atom stereocenters. The molecular weight excluding hydrogens is 269 g/mol. The standard InChI is InChI=1S/C17H12FNO2/c18-15-9-8-12(10-14(15)17(20)21)19-16-7-3-5-11-4-1-2-6-13(11)16/h1-10,19H,(H,20,21). The molecule has 0 aliphatic heterocycles. The number of carboxylic acids is 1. The first kappa shape index (κ1) is 13.1. The predicted octanol–water partition coefficient (Wildman–Crippen LogP) is 4.42. The van der Waals surface area contributed by atoms with E-state index in [9.17, 15) is 9.18 Å². The van der Waals surface area contributed by atoms with E-state index in [2.05, 4.69) is 5.32 Å². The Morgan fingerprint density at radius 2 is 1.76 bits per heavy atom. The lowest BCUT2D eigenvalue weighted by atomic mass is 10.1. The van der Waals surface area contributed by atoms with E-state index in [-0.39, 0.29) is 5.56 Å². The highest BCUT2D eigenvalue weighted by atomic mass is 19.1. The summed E-state index contributed by atoms with van der Waals surface area (Å²) in [6.07, 6.45) is 0. The first-order chi connectivity index (χ1) is 10.1. The normalized spacial score (nSPS) is 10.5. The molecule has 0 aromatic heterocycles. The van der Waals surface area contributed by atoms with Gasteiger partial charge in [0.15, 0.2) is 0 Å². The van der Waals surface area contributed by atoms with Crippen LogP contribution in [0.4, 0.5) is 15.8 Å². The lowest BCUT2D eigenvalue weighted by molar-refractivity contribution is 0.0692. The Labute approximate surface area is 120 Å². The van der Waals surface area contributed by atoms with Crippen LogP contribution < -0.4 is 5.32 Å². The molecule has 0 saturated heterocycles. The number of fused-ring (bicyclic) bond motifs is 1. The third kappa shape index (κ3) is 2.56. The number of hydrogen-bond donors (Lipinski definition) is 2. The van der Waals surface area contributed by atoms with Crippen LogP contribution in [-0.2, 0) is 0 Å². The third-order valence-corrected chi connectivity index (χ3v) is 3.27. The zero-order chi connectivity index (χ0) is 14.8. The van der Waals surface area contributed by atoms with Crippen molar-refractivity contribution in [2.24, 2.45) is 0 Å². The molecule has 0 spiro atoms. The SMILES string of the molecule is O=C(O)c1cc(Nc2cccc3ccccc23)ccc1F. The maximum Gasteiger partial charge on any atom is 0.338 e. The number of aromatic carboxylic acids is 1. The number of hydrogen-bond acceptors (Lipinski definition) is 2.